The number of aryl methyl sites for hydroxylation is 1. The van der Waals surface area contributed by atoms with E-state index in [-0.39, 0.29) is 11.8 Å². The molecule has 1 aromatic heterocycles. The lowest BCUT2D eigenvalue weighted by Crippen LogP contribution is -2.29. The van der Waals surface area contributed by atoms with Gasteiger partial charge in [-0.25, -0.2) is 0 Å². The zero-order valence-corrected chi connectivity index (χ0v) is 12.0. The molecule has 0 radical (unpaired) electrons. The molecule has 2 heterocycles. The molecule has 1 unspecified atom stereocenters. The molecule has 0 saturated carbocycles. The first-order valence-electron chi connectivity index (χ1n) is 6.84. The molecule has 1 aromatic carbocycles. The first-order chi connectivity index (χ1) is 9.83. The van der Waals surface area contributed by atoms with Crippen molar-refractivity contribution < 1.29 is 9.53 Å². The van der Waals surface area contributed by atoms with Crippen LogP contribution in [0.4, 0.5) is 0 Å². The highest BCUT2D eigenvalue weighted by atomic mass is 32.1. The minimum atomic E-state index is 0.114. The van der Waals surface area contributed by atoms with Crippen molar-refractivity contribution in [3.8, 4) is 5.75 Å². The lowest BCUT2D eigenvalue weighted by atomic mass is 10.0. The largest absolute Gasteiger partial charge is 0.493 e. The van der Waals surface area contributed by atoms with Crippen molar-refractivity contribution in [3.63, 3.8) is 0 Å². The number of amides is 1. The van der Waals surface area contributed by atoms with Gasteiger partial charge in [0.15, 0.2) is 0 Å². The number of benzene rings is 1. The molecule has 1 aliphatic heterocycles. The highest BCUT2D eigenvalue weighted by molar-refractivity contribution is 7.09. The zero-order valence-electron chi connectivity index (χ0n) is 11.2. The number of hydrogen-bond acceptors (Lipinski definition) is 3. The molecule has 104 valence electrons. The Morgan fingerprint density at radius 3 is 3.05 bits per heavy atom. The second-order valence-electron chi connectivity index (χ2n) is 4.93. The third-order valence-corrected chi connectivity index (χ3v) is 4.46. The Kier molecular flexibility index (Phi) is 4.02. The molecule has 0 saturated heterocycles. The summed E-state index contributed by atoms with van der Waals surface area (Å²) >= 11 is 1.70. The molecule has 0 spiro atoms. The number of nitrogens with one attached hydrogen (secondary N) is 1. The van der Waals surface area contributed by atoms with Gasteiger partial charge in [0.2, 0.25) is 5.91 Å². The lowest BCUT2D eigenvalue weighted by Gasteiger charge is -2.10. The Morgan fingerprint density at radius 1 is 1.30 bits per heavy atom. The predicted molar refractivity (Wildman–Crippen MR) is 80.3 cm³/mol. The summed E-state index contributed by atoms with van der Waals surface area (Å²) in [4.78, 5) is 13.1. The molecule has 4 heteroatoms. The van der Waals surface area contributed by atoms with E-state index >= 15 is 0 Å². The molecule has 1 amide bonds. The molecule has 1 N–H and O–H groups in total. The molecule has 20 heavy (non-hydrogen) atoms. The van der Waals surface area contributed by atoms with Gasteiger partial charge in [0.05, 0.1) is 6.61 Å². The van der Waals surface area contributed by atoms with E-state index in [4.69, 9.17) is 4.74 Å². The summed E-state index contributed by atoms with van der Waals surface area (Å²) in [5.74, 6) is 1.34. The van der Waals surface area contributed by atoms with E-state index in [2.05, 4.69) is 17.4 Å². The van der Waals surface area contributed by atoms with Crippen LogP contribution in [0.25, 0.3) is 0 Å². The minimum Gasteiger partial charge on any atom is -0.493 e. The Labute approximate surface area is 122 Å². The van der Waals surface area contributed by atoms with Crippen molar-refractivity contribution in [1.29, 1.82) is 0 Å². The maximum absolute atomic E-state index is 11.9. The number of rotatable bonds is 5. The first-order valence-corrected chi connectivity index (χ1v) is 7.71. The van der Waals surface area contributed by atoms with Crippen LogP contribution in [-0.2, 0) is 11.2 Å². The number of para-hydroxylation sites is 1. The van der Waals surface area contributed by atoms with Gasteiger partial charge >= 0.3 is 0 Å². The minimum absolute atomic E-state index is 0.114. The zero-order chi connectivity index (χ0) is 13.8. The molecule has 3 nitrogen and oxygen atoms in total. The predicted octanol–water partition coefficient (Wildman–Crippen LogP) is 2.97. The summed E-state index contributed by atoms with van der Waals surface area (Å²) in [5, 5.41) is 5.06. The van der Waals surface area contributed by atoms with Crippen molar-refractivity contribution in [2.24, 2.45) is 0 Å². The number of ether oxygens (including phenoxy) is 1. The summed E-state index contributed by atoms with van der Waals surface area (Å²) in [7, 11) is 0. The number of fused-ring (bicyclic) bond motifs is 1. The van der Waals surface area contributed by atoms with Crippen molar-refractivity contribution in [2.45, 2.75) is 18.8 Å². The van der Waals surface area contributed by atoms with Crippen LogP contribution >= 0.6 is 11.3 Å². The normalized spacial score (nSPS) is 16.5. The molecule has 3 rings (SSSR count). The van der Waals surface area contributed by atoms with Gasteiger partial charge in [-0.2, -0.15) is 0 Å². The van der Waals surface area contributed by atoms with Crippen LogP contribution in [0.3, 0.4) is 0 Å². The van der Waals surface area contributed by atoms with Crippen LogP contribution in [0.2, 0.25) is 0 Å². The van der Waals surface area contributed by atoms with Crippen molar-refractivity contribution in [1.82, 2.24) is 5.32 Å². The van der Waals surface area contributed by atoms with Crippen molar-refractivity contribution in [3.05, 3.63) is 52.2 Å². The molecule has 2 aromatic rings. The summed E-state index contributed by atoms with van der Waals surface area (Å²) in [6.07, 6.45) is 1.37. The van der Waals surface area contributed by atoms with E-state index in [0.717, 1.165) is 12.2 Å². The highest BCUT2D eigenvalue weighted by Gasteiger charge is 2.23. The SMILES string of the molecule is O=C(CCc1cccs1)NCC1COc2ccccc21. The van der Waals surface area contributed by atoms with Gasteiger partial charge in [0.1, 0.15) is 5.75 Å². The monoisotopic (exact) mass is 287 g/mol. The fraction of sp³-hybridized carbons (Fsp3) is 0.312. The van der Waals surface area contributed by atoms with Crippen LogP contribution in [0.5, 0.6) is 5.75 Å². The van der Waals surface area contributed by atoms with Crippen LogP contribution in [0.15, 0.2) is 41.8 Å². The van der Waals surface area contributed by atoms with Crippen LogP contribution in [0.1, 0.15) is 22.8 Å². The standard InChI is InChI=1S/C16H17NO2S/c18-16(8-7-13-4-3-9-20-13)17-10-12-11-19-15-6-2-1-5-14(12)15/h1-6,9,12H,7-8,10-11H2,(H,17,18). The fourth-order valence-electron chi connectivity index (χ4n) is 2.42. The van der Waals surface area contributed by atoms with Gasteiger partial charge in [-0.05, 0) is 23.9 Å². The number of carbonyl (C=O) groups excluding carboxylic acids is 1. The third kappa shape index (κ3) is 3.02. The van der Waals surface area contributed by atoms with Gasteiger partial charge < -0.3 is 10.1 Å². The van der Waals surface area contributed by atoms with Crippen LogP contribution < -0.4 is 10.1 Å². The van der Waals surface area contributed by atoms with Gasteiger partial charge in [0, 0.05) is 29.3 Å². The van der Waals surface area contributed by atoms with Crippen LogP contribution in [0, 0.1) is 0 Å². The topological polar surface area (TPSA) is 38.3 Å². The van der Waals surface area contributed by atoms with Gasteiger partial charge in [-0.3, -0.25) is 4.79 Å². The third-order valence-electron chi connectivity index (χ3n) is 3.52. The smallest absolute Gasteiger partial charge is 0.220 e. The number of carbonyl (C=O) groups is 1. The highest BCUT2D eigenvalue weighted by Crippen LogP contribution is 2.32. The number of thiophene rings is 1. The Morgan fingerprint density at radius 2 is 2.20 bits per heavy atom. The number of hydrogen-bond donors (Lipinski definition) is 1. The lowest BCUT2D eigenvalue weighted by molar-refractivity contribution is -0.121. The molecule has 1 aliphatic rings. The maximum atomic E-state index is 11.9. The molecule has 1 atom stereocenters. The van der Waals surface area contributed by atoms with E-state index in [1.54, 1.807) is 11.3 Å². The van der Waals surface area contributed by atoms with Crippen molar-refractivity contribution >= 4 is 17.2 Å². The van der Waals surface area contributed by atoms with E-state index in [0.29, 0.717) is 19.6 Å². The summed E-state index contributed by atoms with van der Waals surface area (Å²) in [5.41, 5.74) is 1.20. The molecular formula is C16H17NO2S. The molecule has 0 fully saturated rings. The van der Waals surface area contributed by atoms with E-state index in [1.165, 1.54) is 10.4 Å². The summed E-state index contributed by atoms with van der Waals surface area (Å²) in [6.45, 7) is 1.31. The van der Waals surface area contributed by atoms with E-state index in [1.807, 2.05) is 29.6 Å². The average molecular weight is 287 g/mol. The second-order valence-corrected chi connectivity index (χ2v) is 5.96. The van der Waals surface area contributed by atoms with Gasteiger partial charge in [-0.1, -0.05) is 24.3 Å². The average Bonchev–Trinajstić information content (AvgIpc) is 3.12. The quantitative estimate of drug-likeness (QED) is 0.918. The van der Waals surface area contributed by atoms with Crippen molar-refractivity contribution in [2.75, 3.05) is 13.2 Å². The fourth-order valence-corrected chi connectivity index (χ4v) is 3.12. The van der Waals surface area contributed by atoms with Gasteiger partial charge in [-0.15, -0.1) is 11.3 Å². The Hall–Kier alpha value is -1.81. The van der Waals surface area contributed by atoms with E-state index in [9.17, 15) is 4.79 Å². The summed E-state index contributed by atoms with van der Waals surface area (Å²) < 4.78 is 5.61. The Balaban J connectivity index is 1.47. The molecule has 0 aliphatic carbocycles. The maximum Gasteiger partial charge on any atom is 0.220 e. The Bertz CT molecular complexity index is 580. The van der Waals surface area contributed by atoms with Crippen LogP contribution in [-0.4, -0.2) is 19.1 Å². The second kappa shape index (κ2) is 6.09. The molecular weight excluding hydrogens is 270 g/mol. The summed E-state index contributed by atoms with van der Waals surface area (Å²) in [6, 6.07) is 12.1. The molecule has 0 bridgehead atoms. The van der Waals surface area contributed by atoms with Gasteiger partial charge in [0.25, 0.3) is 0 Å². The van der Waals surface area contributed by atoms with E-state index < -0.39 is 0 Å². The first kappa shape index (κ1) is 13.2.